The van der Waals surface area contributed by atoms with Gasteiger partial charge in [-0.2, -0.15) is 0 Å². The smallest absolute Gasteiger partial charge is 0.259 e. The lowest BCUT2D eigenvalue weighted by molar-refractivity contribution is -0.140. The molecule has 27 heavy (non-hydrogen) atoms. The number of hydrogen-bond donors (Lipinski definition) is 0. The summed E-state index contributed by atoms with van der Waals surface area (Å²) in [6.45, 7) is 2.93. The molecule has 2 saturated heterocycles. The normalized spacial score (nSPS) is 20.5. The zero-order valence-corrected chi connectivity index (χ0v) is 15.2. The molecular formula is C20H23N3O4. The lowest BCUT2D eigenvalue weighted by atomic mass is 10.1. The van der Waals surface area contributed by atoms with Crippen LogP contribution in [0.4, 0.5) is 0 Å². The summed E-state index contributed by atoms with van der Waals surface area (Å²) in [6, 6.07) is 9.48. The lowest BCUT2D eigenvalue weighted by Crippen LogP contribution is -2.41. The minimum absolute atomic E-state index is 0.0525. The number of benzene rings is 1. The van der Waals surface area contributed by atoms with Crippen LogP contribution in [-0.2, 0) is 9.53 Å². The molecule has 1 aromatic heterocycles. The van der Waals surface area contributed by atoms with E-state index >= 15 is 0 Å². The maximum Gasteiger partial charge on any atom is 0.259 e. The number of ether oxygens (including phenoxy) is 1. The molecule has 0 N–H and O–H groups in total. The number of amides is 2. The molecule has 0 unspecified atom stereocenters. The van der Waals surface area contributed by atoms with Crippen molar-refractivity contribution in [3.05, 3.63) is 42.1 Å². The SMILES string of the molecule is O=C(c1cnoc1-c1ccccc1)N1CCCN(C(=O)[C@@H]2CCCO2)CC1. The minimum atomic E-state index is -0.310. The molecule has 2 fully saturated rings. The van der Waals surface area contributed by atoms with E-state index in [0.717, 1.165) is 24.8 Å². The van der Waals surface area contributed by atoms with Gasteiger partial charge < -0.3 is 19.1 Å². The van der Waals surface area contributed by atoms with Crippen molar-refractivity contribution in [2.75, 3.05) is 32.8 Å². The second-order valence-electron chi connectivity index (χ2n) is 6.91. The summed E-state index contributed by atoms with van der Waals surface area (Å²) in [6.07, 6.45) is 3.64. The number of rotatable bonds is 3. The molecule has 4 rings (SSSR count). The Bertz CT molecular complexity index is 799. The highest BCUT2D eigenvalue weighted by Gasteiger charge is 2.31. The van der Waals surface area contributed by atoms with Gasteiger partial charge in [0.1, 0.15) is 11.7 Å². The molecule has 7 heteroatoms. The molecule has 0 saturated carbocycles. The third-order valence-electron chi connectivity index (χ3n) is 5.14. The van der Waals surface area contributed by atoms with Crippen LogP contribution in [0.25, 0.3) is 11.3 Å². The molecule has 3 heterocycles. The molecule has 2 aromatic rings. The van der Waals surface area contributed by atoms with E-state index in [-0.39, 0.29) is 17.9 Å². The molecule has 1 atom stereocenters. The van der Waals surface area contributed by atoms with Gasteiger partial charge in [0.05, 0.1) is 6.20 Å². The van der Waals surface area contributed by atoms with Crippen molar-refractivity contribution in [2.24, 2.45) is 0 Å². The Balaban J connectivity index is 1.45. The van der Waals surface area contributed by atoms with Crippen molar-refractivity contribution < 1.29 is 18.8 Å². The molecule has 2 aliphatic rings. The van der Waals surface area contributed by atoms with Crippen molar-refractivity contribution >= 4 is 11.8 Å². The second-order valence-corrected chi connectivity index (χ2v) is 6.91. The molecule has 1 aromatic carbocycles. The van der Waals surface area contributed by atoms with Crippen LogP contribution < -0.4 is 0 Å². The quantitative estimate of drug-likeness (QED) is 0.829. The second kappa shape index (κ2) is 7.92. The summed E-state index contributed by atoms with van der Waals surface area (Å²) in [4.78, 5) is 29.2. The number of carbonyl (C=O) groups is 2. The third kappa shape index (κ3) is 3.73. The highest BCUT2D eigenvalue weighted by Crippen LogP contribution is 2.25. The van der Waals surface area contributed by atoms with Crippen molar-refractivity contribution in [2.45, 2.75) is 25.4 Å². The van der Waals surface area contributed by atoms with Gasteiger partial charge in [0.25, 0.3) is 11.8 Å². The molecule has 142 valence electrons. The average Bonchev–Trinajstić information content (AvgIpc) is 3.35. The van der Waals surface area contributed by atoms with E-state index in [1.165, 1.54) is 6.20 Å². The van der Waals surface area contributed by atoms with Gasteiger partial charge in [0, 0.05) is 38.3 Å². The zero-order valence-electron chi connectivity index (χ0n) is 15.2. The predicted molar refractivity (Wildman–Crippen MR) is 98.0 cm³/mol. The topological polar surface area (TPSA) is 75.9 Å². The van der Waals surface area contributed by atoms with E-state index in [0.29, 0.717) is 44.1 Å². The van der Waals surface area contributed by atoms with Crippen LogP contribution in [-0.4, -0.2) is 65.7 Å². The Labute approximate surface area is 157 Å². The van der Waals surface area contributed by atoms with E-state index in [1.807, 2.05) is 35.2 Å². The number of nitrogens with zero attached hydrogens (tertiary/aromatic N) is 3. The van der Waals surface area contributed by atoms with E-state index in [2.05, 4.69) is 5.16 Å². The van der Waals surface area contributed by atoms with Crippen LogP contribution in [0, 0.1) is 0 Å². The Hall–Kier alpha value is -2.67. The highest BCUT2D eigenvalue weighted by atomic mass is 16.5. The fourth-order valence-corrected chi connectivity index (χ4v) is 3.68. The first kappa shape index (κ1) is 17.7. The van der Waals surface area contributed by atoms with Gasteiger partial charge in [-0.3, -0.25) is 9.59 Å². The summed E-state index contributed by atoms with van der Waals surface area (Å²) in [7, 11) is 0. The van der Waals surface area contributed by atoms with Crippen LogP contribution in [0.5, 0.6) is 0 Å². The van der Waals surface area contributed by atoms with Crippen LogP contribution in [0.15, 0.2) is 41.1 Å². The lowest BCUT2D eigenvalue weighted by Gasteiger charge is -2.24. The Morgan fingerprint density at radius 2 is 1.78 bits per heavy atom. The molecule has 0 radical (unpaired) electrons. The van der Waals surface area contributed by atoms with Gasteiger partial charge in [-0.25, -0.2) is 0 Å². The van der Waals surface area contributed by atoms with Gasteiger partial charge in [-0.1, -0.05) is 35.5 Å². The fourth-order valence-electron chi connectivity index (χ4n) is 3.68. The van der Waals surface area contributed by atoms with Crippen molar-refractivity contribution in [3.63, 3.8) is 0 Å². The monoisotopic (exact) mass is 369 g/mol. The highest BCUT2D eigenvalue weighted by molar-refractivity contribution is 5.99. The van der Waals surface area contributed by atoms with Crippen molar-refractivity contribution in [3.8, 4) is 11.3 Å². The van der Waals surface area contributed by atoms with Gasteiger partial charge in [0.15, 0.2) is 5.76 Å². The molecule has 0 spiro atoms. The fraction of sp³-hybridized carbons (Fsp3) is 0.450. The Kier molecular flexibility index (Phi) is 5.20. The molecule has 0 aliphatic carbocycles. The first-order chi connectivity index (χ1) is 13.2. The van der Waals surface area contributed by atoms with E-state index in [9.17, 15) is 9.59 Å². The summed E-state index contributed by atoms with van der Waals surface area (Å²) >= 11 is 0. The van der Waals surface area contributed by atoms with Crippen LogP contribution in [0.1, 0.15) is 29.6 Å². The van der Waals surface area contributed by atoms with Crippen LogP contribution in [0.3, 0.4) is 0 Å². The molecule has 2 amide bonds. The molecule has 2 aliphatic heterocycles. The number of aromatic nitrogens is 1. The average molecular weight is 369 g/mol. The Morgan fingerprint density at radius 3 is 2.56 bits per heavy atom. The van der Waals surface area contributed by atoms with E-state index < -0.39 is 0 Å². The number of carbonyl (C=O) groups excluding carboxylic acids is 2. The first-order valence-corrected chi connectivity index (χ1v) is 9.44. The largest absolute Gasteiger partial charge is 0.368 e. The maximum absolute atomic E-state index is 13.0. The van der Waals surface area contributed by atoms with E-state index in [1.54, 1.807) is 4.90 Å². The summed E-state index contributed by atoms with van der Waals surface area (Å²) in [5.41, 5.74) is 1.28. The zero-order chi connectivity index (χ0) is 18.6. The summed E-state index contributed by atoms with van der Waals surface area (Å²) in [5, 5.41) is 3.83. The number of hydrogen-bond acceptors (Lipinski definition) is 5. The molecule has 7 nitrogen and oxygen atoms in total. The van der Waals surface area contributed by atoms with Crippen LogP contribution in [0.2, 0.25) is 0 Å². The van der Waals surface area contributed by atoms with Crippen molar-refractivity contribution in [1.29, 1.82) is 0 Å². The van der Waals surface area contributed by atoms with Crippen LogP contribution >= 0.6 is 0 Å². The first-order valence-electron chi connectivity index (χ1n) is 9.44. The van der Waals surface area contributed by atoms with E-state index in [4.69, 9.17) is 9.26 Å². The summed E-state index contributed by atoms with van der Waals surface area (Å²) < 4.78 is 10.9. The molecule has 0 bridgehead atoms. The minimum Gasteiger partial charge on any atom is -0.368 e. The molecular weight excluding hydrogens is 346 g/mol. The third-order valence-corrected chi connectivity index (χ3v) is 5.14. The summed E-state index contributed by atoms with van der Waals surface area (Å²) in [5.74, 6) is 0.426. The van der Waals surface area contributed by atoms with Gasteiger partial charge in [-0.05, 0) is 19.3 Å². The standard InChI is InChI=1S/C20H23N3O4/c24-19(16-14-21-27-18(16)15-6-2-1-3-7-15)22-9-5-10-23(12-11-22)20(25)17-8-4-13-26-17/h1-3,6-7,14,17H,4-5,8-13H2/t17-/m0/s1. The van der Waals surface area contributed by atoms with Gasteiger partial charge in [0.2, 0.25) is 0 Å². The Morgan fingerprint density at radius 1 is 1.00 bits per heavy atom. The van der Waals surface area contributed by atoms with Gasteiger partial charge in [-0.15, -0.1) is 0 Å². The maximum atomic E-state index is 13.0. The van der Waals surface area contributed by atoms with Gasteiger partial charge >= 0.3 is 0 Å². The predicted octanol–water partition coefficient (Wildman–Crippen LogP) is 2.20. The van der Waals surface area contributed by atoms with Crippen molar-refractivity contribution in [1.82, 2.24) is 15.0 Å².